The number of carbonyl (C=O) groups is 1. The van der Waals surface area contributed by atoms with E-state index in [-0.39, 0.29) is 56.4 Å². The molecule has 118 valence electrons. The van der Waals surface area contributed by atoms with Gasteiger partial charge in [-0.2, -0.15) is 0 Å². The standard InChI is InChI=1S/C12H16NO4P.2Re.2Rf/c1-8-5-11(17-12(14)6-18-15-3)9(2)4-10(8)16-7-13;;;;/h4-6,13,18H,7H2,1-3H3;;;;/q-2;;;;. The Kier molecular flexibility index (Phi) is 18.0. The van der Waals surface area contributed by atoms with E-state index in [1.165, 1.54) is 13.3 Å². The molecule has 0 amide bonds. The third kappa shape index (κ3) is 8.35. The molecular formula is C12H16NO4PRe2Rf2-2. The van der Waals surface area contributed by atoms with Gasteiger partial charge in [0.2, 0.25) is 0 Å². The van der Waals surface area contributed by atoms with Crippen LogP contribution in [0.1, 0.15) is 11.1 Å². The number of aryl methyl sites for hydroxylation is 2. The van der Waals surface area contributed by atoms with Crippen molar-refractivity contribution >= 4 is 14.8 Å². The Balaban J connectivity index is -0.000000405. The first-order chi connectivity index (χ1) is 8.58. The van der Waals surface area contributed by atoms with Crippen LogP contribution in [0.25, 0.3) is 5.73 Å². The van der Waals surface area contributed by atoms with Crippen LogP contribution in [0.4, 0.5) is 0 Å². The van der Waals surface area contributed by atoms with Gasteiger partial charge in [-0.1, -0.05) is 0 Å². The third-order valence-electron chi connectivity index (χ3n) is 2.21. The summed E-state index contributed by atoms with van der Waals surface area (Å²) in [6.07, 6.45) is 1.35. The van der Waals surface area contributed by atoms with Crippen LogP contribution in [-0.4, -0.2) is 19.8 Å². The number of ether oxygens (including phenoxy) is 2. The van der Waals surface area contributed by atoms with Gasteiger partial charge in [0.15, 0.2) is 5.97 Å². The maximum absolute atomic E-state index is 11.4. The van der Waals surface area contributed by atoms with Gasteiger partial charge in [-0.25, -0.2) is 6.16 Å². The van der Waals surface area contributed by atoms with E-state index in [0.717, 1.165) is 11.1 Å². The molecule has 5 nitrogen and oxygen atoms in total. The van der Waals surface area contributed by atoms with Gasteiger partial charge < -0.3 is 19.7 Å². The summed E-state index contributed by atoms with van der Waals surface area (Å²) in [7, 11) is 1.51. The Labute approximate surface area is 148 Å². The Morgan fingerprint density at radius 1 is 1.18 bits per heavy atom. The van der Waals surface area contributed by atoms with E-state index >= 15 is 0 Å². The first kappa shape index (κ1) is 28.2. The zero-order valence-electron chi connectivity index (χ0n) is 12.7. The molecule has 2 radical (unpaired) electrons. The minimum absolute atomic E-state index is 0. The van der Waals surface area contributed by atoms with Gasteiger partial charge in [0, 0.05) is 48.0 Å². The summed E-state index contributed by atoms with van der Waals surface area (Å²) in [6.45, 7) is 3.52. The molecule has 0 fully saturated rings. The molecule has 1 aromatic carbocycles. The quantitative estimate of drug-likeness (QED) is 0.191. The van der Waals surface area contributed by atoms with Crippen molar-refractivity contribution < 1.29 is 59.6 Å². The van der Waals surface area contributed by atoms with E-state index in [1.54, 1.807) is 12.1 Å². The summed E-state index contributed by atoms with van der Waals surface area (Å²) in [4.78, 5) is 11.4. The zero-order valence-corrected chi connectivity index (χ0v) is 32.0. The minimum Gasteiger partial charge on any atom is -0.644 e. The van der Waals surface area contributed by atoms with E-state index < -0.39 is 5.97 Å². The number of rotatable bonds is 6. The molecular weight excluding hydrogens is 1160 g/mol. The van der Waals surface area contributed by atoms with Gasteiger partial charge in [-0.15, -0.1) is 8.81 Å². The maximum atomic E-state index is 11.4. The smallest absolute Gasteiger partial charge is 0.181 e. The average molecular weight is 1180 g/mol. The third-order valence-corrected chi connectivity index (χ3v) is 2.79. The fourth-order valence-electron chi connectivity index (χ4n) is 1.35. The molecule has 0 aliphatic heterocycles. The predicted octanol–water partition coefficient (Wildman–Crippen LogP) is 2.99. The molecule has 0 heterocycles. The summed E-state index contributed by atoms with van der Waals surface area (Å²) >= 11 is 0. The van der Waals surface area contributed by atoms with Crippen molar-refractivity contribution in [2.75, 3.05) is 13.8 Å². The second-order valence-corrected chi connectivity index (χ2v) is 4.49. The second-order valence-electron chi connectivity index (χ2n) is 3.56. The molecule has 0 aromatic heterocycles. The molecule has 0 aliphatic carbocycles. The summed E-state index contributed by atoms with van der Waals surface area (Å²) in [5, 5.41) is 0. The fraction of sp³-hybridized carbons (Fsp3) is 0.333. The van der Waals surface area contributed by atoms with Crippen LogP contribution in [-0.2, 0) is 50.2 Å². The van der Waals surface area contributed by atoms with Gasteiger partial charge >= 0.3 is 0 Å². The Morgan fingerprint density at radius 3 is 2.18 bits per heavy atom. The van der Waals surface area contributed by atoms with Crippen LogP contribution in [0.3, 0.4) is 0 Å². The molecule has 1 unspecified atom stereocenters. The van der Waals surface area contributed by atoms with Crippen LogP contribution >= 0.6 is 8.81 Å². The first-order valence-corrected chi connectivity index (χ1v) is 6.29. The average Bonchev–Trinajstić information content (AvgIpc) is 2.33. The molecule has 10 heteroatoms. The zero-order chi connectivity index (χ0) is 13.5. The summed E-state index contributed by atoms with van der Waals surface area (Å²) < 4.78 is 15.1. The van der Waals surface area contributed by atoms with Crippen molar-refractivity contribution in [3.63, 3.8) is 0 Å². The summed E-state index contributed by atoms with van der Waals surface area (Å²) in [5.41, 5.74) is 8.63. The monoisotopic (exact) mass is 1180 g/mol. The summed E-state index contributed by atoms with van der Waals surface area (Å²) in [6, 6.07) is 3.48. The first-order valence-electron chi connectivity index (χ1n) is 5.30. The number of esters is 1. The van der Waals surface area contributed by atoms with Gasteiger partial charge in [0.05, 0.1) is 0 Å². The van der Waals surface area contributed by atoms with Crippen LogP contribution < -0.4 is 9.47 Å². The molecule has 1 N–H and O–H groups in total. The molecule has 1 aromatic rings. The molecule has 1 rings (SSSR count). The molecule has 0 spiro atoms. The van der Waals surface area contributed by atoms with Crippen LogP contribution in [0, 0.1) is 20.0 Å². The number of hydrogen-bond acceptors (Lipinski definition) is 4. The van der Waals surface area contributed by atoms with Crippen molar-refractivity contribution in [3.05, 3.63) is 35.2 Å². The van der Waals surface area contributed by atoms with E-state index in [9.17, 15) is 4.79 Å². The largest absolute Gasteiger partial charge is 0.644 e. The van der Waals surface area contributed by atoms with Crippen LogP contribution in [0.5, 0.6) is 11.5 Å². The normalized spacial score (nSPS) is 8.73. The summed E-state index contributed by atoms with van der Waals surface area (Å²) in [5.74, 6) is 0.684. The molecule has 0 saturated carbocycles. The second kappa shape index (κ2) is 14.0. The molecule has 1 atom stereocenters. The number of nitrogens with one attached hydrogen (secondary N) is 1. The SMILES string of the molecule is COP[CH-]C(=O)Oc1cc(C)c(OC[NH-])cc1C.[Re].[Re].[Rf].[Rf]. The van der Waals surface area contributed by atoms with E-state index in [4.69, 9.17) is 19.7 Å². The minimum atomic E-state index is -0.438. The van der Waals surface area contributed by atoms with Gasteiger partial charge in [0.1, 0.15) is 11.5 Å². The van der Waals surface area contributed by atoms with E-state index in [0.29, 0.717) is 11.5 Å². The maximum Gasteiger partial charge on any atom is 0.181 e. The Hall–Kier alpha value is -1.97. The Bertz CT molecular complexity index is 442. The Morgan fingerprint density at radius 2 is 1.68 bits per heavy atom. The van der Waals surface area contributed by atoms with Gasteiger partial charge in [0.25, 0.3) is 0 Å². The van der Waals surface area contributed by atoms with Gasteiger partial charge in [-0.05, 0) is 43.8 Å². The molecule has 0 bridgehead atoms. The van der Waals surface area contributed by atoms with Gasteiger partial charge in [-0.3, -0.25) is 4.79 Å². The van der Waals surface area contributed by atoms with Crippen molar-refractivity contribution in [2.45, 2.75) is 13.8 Å². The molecule has 22 heavy (non-hydrogen) atoms. The number of benzene rings is 1. The van der Waals surface area contributed by atoms with Crippen molar-refractivity contribution in [2.24, 2.45) is 0 Å². The predicted molar refractivity (Wildman–Crippen MR) is 71.0 cm³/mol. The number of carbonyl (C=O) groups excluding carboxylic acids is 1. The fourth-order valence-corrected chi connectivity index (χ4v) is 1.62. The van der Waals surface area contributed by atoms with E-state index in [2.05, 4.69) is 0 Å². The topological polar surface area (TPSA) is 68.6 Å². The van der Waals surface area contributed by atoms with Crippen molar-refractivity contribution in [1.29, 1.82) is 0 Å². The van der Waals surface area contributed by atoms with Crippen molar-refractivity contribution in [3.8, 4) is 11.5 Å². The van der Waals surface area contributed by atoms with Crippen LogP contribution in [0.15, 0.2) is 12.1 Å². The van der Waals surface area contributed by atoms with Crippen molar-refractivity contribution in [1.82, 2.24) is 0 Å². The van der Waals surface area contributed by atoms with Crippen LogP contribution in [0.2, 0.25) is 0 Å². The molecule has 0 saturated heterocycles. The number of hydrogen-bond donors (Lipinski definition) is 0. The molecule has 0 aliphatic rings. The van der Waals surface area contributed by atoms with E-state index in [1.807, 2.05) is 13.8 Å².